The van der Waals surface area contributed by atoms with Gasteiger partial charge in [-0.2, -0.15) is 0 Å². The number of amides is 1. The number of nitrogens with zero attached hydrogens (tertiary/aromatic N) is 3. The number of benzene rings is 2. The van der Waals surface area contributed by atoms with Crippen LogP contribution in [0.2, 0.25) is 0 Å². The third kappa shape index (κ3) is 4.85. The Bertz CT molecular complexity index is 926. The normalized spacial score (nSPS) is 10.7. The van der Waals surface area contributed by atoms with E-state index >= 15 is 0 Å². The van der Waals surface area contributed by atoms with Crippen LogP contribution in [0.25, 0.3) is 11.4 Å². The van der Waals surface area contributed by atoms with Crippen molar-refractivity contribution in [1.82, 2.24) is 20.2 Å². The molecule has 0 atom stereocenters. The van der Waals surface area contributed by atoms with Crippen LogP contribution < -0.4 is 11.2 Å². The van der Waals surface area contributed by atoms with Gasteiger partial charge in [-0.15, -0.1) is 10.2 Å². The van der Waals surface area contributed by atoms with E-state index in [0.717, 1.165) is 11.1 Å². The van der Waals surface area contributed by atoms with Crippen LogP contribution in [0.3, 0.4) is 0 Å². The molecule has 0 bridgehead atoms. The molecule has 3 rings (SSSR count). The summed E-state index contributed by atoms with van der Waals surface area (Å²) in [6, 6.07) is 14.3. The first-order chi connectivity index (χ1) is 13.0. The molecular weight excluding hydrogens is 365 g/mol. The molecule has 140 valence electrons. The molecule has 8 heteroatoms. The molecule has 1 amide bonds. The number of nitrogen functional groups attached to an aromatic ring is 1. The van der Waals surface area contributed by atoms with Gasteiger partial charge in [0.2, 0.25) is 11.1 Å². The standard InChI is InChI=1S/C19H20FN5OS/c1-13-6-8-15(9-7-13)18-23-24-19(25(18)21)27-12-17(26)22-11-10-14-4-2-3-5-16(14)20/h2-9H,10-12,21H2,1H3,(H,22,26). The van der Waals surface area contributed by atoms with Gasteiger partial charge in [0.15, 0.2) is 5.82 Å². The van der Waals surface area contributed by atoms with Crippen molar-refractivity contribution in [2.24, 2.45) is 0 Å². The zero-order chi connectivity index (χ0) is 19.2. The van der Waals surface area contributed by atoms with Crippen molar-refractivity contribution in [2.45, 2.75) is 18.5 Å². The Labute approximate surface area is 161 Å². The van der Waals surface area contributed by atoms with Crippen molar-refractivity contribution in [3.05, 3.63) is 65.5 Å². The number of aromatic nitrogens is 3. The van der Waals surface area contributed by atoms with Crippen LogP contribution in [0.15, 0.2) is 53.7 Å². The van der Waals surface area contributed by atoms with Gasteiger partial charge < -0.3 is 11.2 Å². The van der Waals surface area contributed by atoms with Crippen LogP contribution in [0.4, 0.5) is 4.39 Å². The largest absolute Gasteiger partial charge is 0.355 e. The van der Waals surface area contributed by atoms with Gasteiger partial charge in [0.1, 0.15) is 5.82 Å². The zero-order valence-electron chi connectivity index (χ0n) is 14.9. The van der Waals surface area contributed by atoms with Gasteiger partial charge in [0.25, 0.3) is 0 Å². The van der Waals surface area contributed by atoms with Gasteiger partial charge in [0, 0.05) is 12.1 Å². The van der Waals surface area contributed by atoms with E-state index in [1.54, 1.807) is 18.2 Å². The molecule has 3 N–H and O–H groups in total. The minimum atomic E-state index is -0.263. The summed E-state index contributed by atoms with van der Waals surface area (Å²) in [5, 5.41) is 11.4. The van der Waals surface area contributed by atoms with E-state index in [2.05, 4.69) is 15.5 Å². The lowest BCUT2D eigenvalue weighted by Gasteiger charge is -2.06. The summed E-state index contributed by atoms with van der Waals surface area (Å²) in [7, 11) is 0. The first kappa shape index (κ1) is 18.9. The third-order valence-electron chi connectivity index (χ3n) is 3.98. The van der Waals surface area contributed by atoms with Crippen LogP contribution in [0.5, 0.6) is 0 Å². The second kappa shape index (κ2) is 8.68. The van der Waals surface area contributed by atoms with Crippen LogP contribution in [0.1, 0.15) is 11.1 Å². The van der Waals surface area contributed by atoms with E-state index in [9.17, 15) is 9.18 Å². The second-order valence-electron chi connectivity index (χ2n) is 6.02. The maximum atomic E-state index is 13.5. The van der Waals surface area contributed by atoms with Gasteiger partial charge in [-0.1, -0.05) is 59.8 Å². The summed E-state index contributed by atoms with van der Waals surface area (Å²) >= 11 is 1.20. The molecule has 0 aliphatic rings. The van der Waals surface area contributed by atoms with E-state index in [1.165, 1.54) is 22.5 Å². The monoisotopic (exact) mass is 385 g/mol. The highest BCUT2D eigenvalue weighted by Crippen LogP contribution is 2.21. The van der Waals surface area contributed by atoms with E-state index in [-0.39, 0.29) is 17.5 Å². The number of hydrogen-bond donors (Lipinski definition) is 2. The number of carbonyl (C=O) groups is 1. The minimum absolute atomic E-state index is 0.153. The summed E-state index contributed by atoms with van der Waals surface area (Å²) in [6.07, 6.45) is 0.438. The number of thioether (sulfide) groups is 1. The third-order valence-corrected chi connectivity index (χ3v) is 4.92. The van der Waals surface area contributed by atoms with Crippen molar-refractivity contribution in [3.63, 3.8) is 0 Å². The Morgan fingerprint density at radius 2 is 1.93 bits per heavy atom. The van der Waals surface area contributed by atoms with Crippen molar-refractivity contribution >= 4 is 17.7 Å². The number of carbonyl (C=O) groups excluding carboxylic acids is 1. The molecule has 0 spiro atoms. The van der Waals surface area contributed by atoms with Crippen molar-refractivity contribution in [2.75, 3.05) is 18.1 Å². The molecule has 3 aromatic rings. The second-order valence-corrected chi connectivity index (χ2v) is 6.96. The highest BCUT2D eigenvalue weighted by Gasteiger charge is 2.13. The lowest BCUT2D eigenvalue weighted by atomic mass is 10.1. The lowest BCUT2D eigenvalue weighted by molar-refractivity contribution is -0.118. The molecule has 0 unspecified atom stereocenters. The van der Waals surface area contributed by atoms with Gasteiger partial charge in [-0.3, -0.25) is 4.79 Å². The fourth-order valence-corrected chi connectivity index (χ4v) is 3.18. The highest BCUT2D eigenvalue weighted by atomic mass is 32.2. The summed E-state index contributed by atoms with van der Waals surface area (Å²) in [4.78, 5) is 12.0. The Morgan fingerprint density at radius 3 is 2.67 bits per heavy atom. The van der Waals surface area contributed by atoms with E-state index < -0.39 is 0 Å². The highest BCUT2D eigenvalue weighted by molar-refractivity contribution is 7.99. The summed E-state index contributed by atoms with van der Waals surface area (Å²) in [5.41, 5.74) is 2.58. The number of hydrogen-bond acceptors (Lipinski definition) is 5. The first-order valence-electron chi connectivity index (χ1n) is 8.45. The van der Waals surface area contributed by atoms with Crippen molar-refractivity contribution in [1.29, 1.82) is 0 Å². The number of halogens is 1. The number of aryl methyl sites for hydroxylation is 1. The van der Waals surface area contributed by atoms with Crippen LogP contribution in [0, 0.1) is 12.7 Å². The topological polar surface area (TPSA) is 85.8 Å². The van der Waals surface area contributed by atoms with E-state index in [4.69, 9.17) is 5.84 Å². The summed E-state index contributed by atoms with van der Waals surface area (Å²) in [5.74, 6) is 6.31. The molecule has 0 radical (unpaired) electrons. The van der Waals surface area contributed by atoms with Crippen molar-refractivity contribution < 1.29 is 9.18 Å². The Balaban J connectivity index is 1.50. The van der Waals surface area contributed by atoms with Gasteiger partial charge in [0.05, 0.1) is 5.75 Å². The molecule has 0 aliphatic carbocycles. The quantitative estimate of drug-likeness (QED) is 0.482. The van der Waals surface area contributed by atoms with E-state index in [0.29, 0.717) is 29.5 Å². The van der Waals surface area contributed by atoms with Crippen LogP contribution in [-0.2, 0) is 11.2 Å². The molecular formula is C19H20FN5OS. The average molecular weight is 385 g/mol. The maximum Gasteiger partial charge on any atom is 0.230 e. The Hall–Kier alpha value is -2.87. The summed E-state index contributed by atoms with van der Waals surface area (Å²) < 4.78 is 14.9. The van der Waals surface area contributed by atoms with Gasteiger partial charge in [-0.05, 0) is 25.0 Å². The zero-order valence-corrected chi connectivity index (χ0v) is 15.7. The molecule has 2 aromatic carbocycles. The van der Waals surface area contributed by atoms with Crippen molar-refractivity contribution in [3.8, 4) is 11.4 Å². The minimum Gasteiger partial charge on any atom is -0.355 e. The SMILES string of the molecule is Cc1ccc(-c2nnc(SCC(=O)NCCc3ccccc3F)n2N)cc1. The molecule has 27 heavy (non-hydrogen) atoms. The number of nitrogens with two attached hydrogens (primary N) is 1. The first-order valence-corrected chi connectivity index (χ1v) is 9.43. The molecule has 1 heterocycles. The van der Waals surface area contributed by atoms with E-state index in [1.807, 2.05) is 31.2 Å². The molecule has 0 aliphatic heterocycles. The predicted molar refractivity (Wildman–Crippen MR) is 104 cm³/mol. The fraction of sp³-hybridized carbons (Fsp3) is 0.211. The molecule has 6 nitrogen and oxygen atoms in total. The number of nitrogens with one attached hydrogen (secondary N) is 1. The fourth-order valence-electron chi connectivity index (χ4n) is 2.49. The van der Waals surface area contributed by atoms with Crippen LogP contribution >= 0.6 is 11.8 Å². The molecule has 0 fully saturated rings. The number of rotatable bonds is 7. The summed E-state index contributed by atoms with van der Waals surface area (Å²) in [6.45, 7) is 2.37. The predicted octanol–water partition coefficient (Wildman–Crippen LogP) is 2.56. The van der Waals surface area contributed by atoms with Gasteiger partial charge in [-0.25, -0.2) is 9.07 Å². The molecule has 1 aromatic heterocycles. The Morgan fingerprint density at radius 1 is 1.19 bits per heavy atom. The van der Waals surface area contributed by atoms with Crippen LogP contribution in [-0.4, -0.2) is 33.1 Å². The molecule has 0 saturated heterocycles. The molecule has 0 saturated carbocycles. The maximum absolute atomic E-state index is 13.5. The smallest absolute Gasteiger partial charge is 0.230 e. The lowest BCUT2D eigenvalue weighted by Crippen LogP contribution is -2.27. The Kier molecular flexibility index (Phi) is 6.08. The average Bonchev–Trinajstić information content (AvgIpc) is 3.03. The van der Waals surface area contributed by atoms with Gasteiger partial charge >= 0.3 is 0 Å².